The number of phenolic OH excluding ortho intramolecular Hbond substituents is 1. The Hall–Kier alpha value is -1.87. The van der Waals surface area contributed by atoms with Crippen LogP contribution in [0.5, 0.6) is 5.75 Å². The highest BCUT2D eigenvalue weighted by Gasteiger charge is 2.02. The van der Waals surface area contributed by atoms with E-state index >= 15 is 0 Å². The number of benzene rings is 1. The van der Waals surface area contributed by atoms with Crippen molar-refractivity contribution in [2.45, 2.75) is 6.92 Å². The monoisotopic (exact) mass is 247 g/mol. The molecule has 0 unspecified atom stereocenters. The molecule has 0 saturated heterocycles. The number of aromatic hydroxyl groups is 1. The van der Waals surface area contributed by atoms with Crippen molar-refractivity contribution in [2.75, 3.05) is 0 Å². The summed E-state index contributed by atoms with van der Waals surface area (Å²) >= 11 is 5.85. The third-order valence-corrected chi connectivity index (χ3v) is 2.49. The predicted molar refractivity (Wildman–Crippen MR) is 67.9 cm³/mol. The second-order valence-electron chi connectivity index (χ2n) is 3.66. The molecule has 0 aliphatic heterocycles. The molecule has 2 N–H and O–H groups in total. The summed E-state index contributed by atoms with van der Waals surface area (Å²) in [6.07, 6.45) is 1.67. The lowest BCUT2D eigenvalue weighted by atomic mass is 10.2. The molecule has 0 amide bonds. The van der Waals surface area contributed by atoms with Crippen LogP contribution in [-0.4, -0.2) is 16.3 Å². The molecule has 1 heterocycles. The van der Waals surface area contributed by atoms with E-state index < -0.39 is 0 Å². The van der Waals surface area contributed by atoms with Crippen molar-refractivity contribution in [3.63, 3.8) is 0 Å². The van der Waals surface area contributed by atoms with Crippen LogP contribution in [0.4, 0.5) is 5.82 Å². The highest BCUT2D eigenvalue weighted by molar-refractivity contribution is 6.30. The molecule has 1 aromatic heterocycles. The van der Waals surface area contributed by atoms with Crippen LogP contribution in [0.3, 0.4) is 0 Å². The van der Waals surface area contributed by atoms with E-state index in [-0.39, 0.29) is 5.75 Å². The van der Waals surface area contributed by atoms with Gasteiger partial charge in [0.05, 0.1) is 11.8 Å². The molecule has 0 spiro atoms. The maximum absolute atomic E-state index is 9.62. The minimum atomic E-state index is 0.176. The number of halogens is 1. The van der Waals surface area contributed by atoms with Gasteiger partial charge in [-0.25, -0.2) is 4.99 Å². The summed E-state index contributed by atoms with van der Waals surface area (Å²) in [5.74, 6) is 0.902. The Morgan fingerprint density at radius 1 is 1.29 bits per heavy atom. The van der Waals surface area contributed by atoms with Gasteiger partial charge in [0.25, 0.3) is 0 Å². The second kappa shape index (κ2) is 4.97. The average molecular weight is 248 g/mol. The van der Waals surface area contributed by atoms with Gasteiger partial charge in [0.2, 0.25) is 0 Å². The van der Waals surface area contributed by atoms with Crippen molar-refractivity contribution in [2.24, 2.45) is 0 Å². The molecule has 0 saturated carbocycles. The van der Waals surface area contributed by atoms with E-state index in [2.05, 4.69) is 9.98 Å². The first kappa shape index (κ1) is 11.6. The van der Waals surface area contributed by atoms with E-state index in [1.807, 2.05) is 25.1 Å². The van der Waals surface area contributed by atoms with E-state index in [0.717, 1.165) is 11.5 Å². The van der Waals surface area contributed by atoms with Crippen molar-refractivity contribution in [1.29, 1.82) is 0 Å². The lowest BCUT2D eigenvalue weighted by Gasteiger charge is -1.96. The summed E-state index contributed by atoms with van der Waals surface area (Å²) in [6, 6.07) is 10.6. The van der Waals surface area contributed by atoms with Crippen molar-refractivity contribution >= 4 is 23.6 Å². The molecular weight excluding hydrogens is 236 g/mol. The number of phenols is 1. The number of hydrogen-bond acceptors (Lipinski definition) is 2. The fraction of sp³-hybridized carbons (Fsp3) is 0.0769. The van der Waals surface area contributed by atoms with E-state index in [1.165, 1.54) is 0 Å². The van der Waals surface area contributed by atoms with Gasteiger partial charge in [0.15, 0.2) is 0 Å². The number of aryl methyl sites for hydroxylation is 1. The zero-order valence-electron chi connectivity index (χ0n) is 9.31. The molecule has 4 heteroatoms. The number of nitrogens with one attached hydrogen (secondary N) is 1. The van der Waals surface area contributed by atoms with Gasteiger partial charge < -0.3 is 5.11 Å². The van der Waals surface area contributed by atoms with Crippen LogP contribution < -0.4 is 4.99 Å². The molecular formula is C13H12ClN2O+. The lowest BCUT2D eigenvalue weighted by Crippen LogP contribution is -2.62. The third-order valence-electron chi connectivity index (χ3n) is 2.25. The SMILES string of the molecule is Cc1cccc([NH+]=Cc2cc(Cl)ccc2O)n1. The third kappa shape index (κ3) is 3.04. The Labute approximate surface area is 104 Å². The van der Waals surface area contributed by atoms with Gasteiger partial charge >= 0.3 is 5.82 Å². The molecule has 3 nitrogen and oxygen atoms in total. The summed E-state index contributed by atoms with van der Waals surface area (Å²) < 4.78 is 0. The van der Waals surface area contributed by atoms with Crippen LogP contribution in [0, 0.1) is 6.92 Å². The van der Waals surface area contributed by atoms with Gasteiger partial charge in [-0.2, -0.15) is 0 Å². The Balaban J connectivity index is 2.29. The Morgan fingerprint density at radius 2 is 2.12 bits per heavy atom. The standard InChI is InChI=1S/C13H11ClN2O/c1-9-3-2-4-13(16-9)15-8-10-7-11(14)5-6-12(10)17/h2-8,17H,1H3/p+1. The zero-order valence-corrected chi connectivity index (χ0v) is 10.1. The lowest BCUT2D eigenvalue weighted by molar-refractivity contribution is -0.352. The topological polar surface area (TPSA) is 47.1 Å². The molecule has 86 valence electrons. The van der Waals surface area contributed by atoms with Gasteiger partial charge in [-0.15, -0.1) is 0 Å². The van der Waals surface area contributed by atoms with Gasteiger partial charge in [0.1, 0.15) is 11.4 Å². The first-order valence-electron chi connectivity index (χ1n) is 5.17. The molecule has 0 aliphatic rings. The van der Waals surface area contributed by atoms with Gasteiger partial charge in [0, 0.05) is 18.0 Å². The molecule has 2 rings (SSSR count). The summed E-state index contributed by atoms with van der Waals surface area (Å²) in [5.41, 5.74) is 1.56. The van der Waals surface area contributed by atoms with E-state index in [1.54, 1.807) is 24.4 Å². The van der Waals surface area contributed by atoms with Crippen LogP contribution in [0.15, 0.2) is 36.4 Å². The van der Waals surface area contributed by atoms with Crippen LogP contribution in [0.1, 0.15) is 11.3 Å². The molecule has 0 atom stereocenters. The number of rotatable bonds is 2. The molecule has 0 radical (unpaired) electrons. The smallest absolute Gasteiger partial charge is 0.321 e. The zero-order chi connectivity index (χ0) is 12.3. The van der Waals surface area contributed by atoms with Crippen molar-refractivity contribution in [3.8, 4) is 5.75 Å². The number of pyridine rings is 1. The van der Waals surface area contributed by atoms with Crippen LogP contribution in [0.25, 0.3) is 0 Å². The number of nitrogens with zero attached hydrogens (tertiary/aromatic N) is 1. The summed E-state index contributed by atoms with van der Waals surface area (Å²) in [7, 11) is 0. The maximum Gasteiger partial charge on any atom is 0.321 e. The van der Waals surface area contributed by atoms with E-state index in [4.69, 9.17) is 11.6 Å². The Kier molecular flexibility index (Phi) is 3.40. The van der Waals surface area contributed by atoms with E-state index in [9.17, 15) is 5.11 Å². The summed E-state index contributed by atoms with van der Waals surface area (Å²) in [5, 5.41) is 10.2. The highest BCUT2D eigenvalue weighted by atomic mass is 35.5. The number of aromatic nitrogens is 1. The fourth-order valence-corrected chi connectivity index (χ4v) is 1.60. The van der Waals surface area contributed by atoms with Crippen LogP contribution in [-0.2, 0) is 0 Å². The van der Waals surface area contributed by atoms with Crippen LogP contribution in [0.2, 0.25) is 5.02 Å². The van der Waals surface area contributed by atoms with Gasteiger partial charge in [-0.3, -0.25) is 0 Å². The summed E-state index contributed by atoms with van der Waals surface area (Å²) in [6.45, 7) is 1.92. The molecule has 0 fully saturated rings. The fourth-order valence-electron chi connectivity index (χ4n) is 1.42. The Morgan fingerprint density at radius 3 is 2.88 bits per heavy atom. The molecule has 17 heavy (non-hydrogen) atoms. The van der Waals surface area contributed by atoms with Crippen molar-refractivity contribution in [1.82, 2.24) is 4.98 Å². The highest BCUT2D eigenvalue weighted by Crippen LogP contribution is 2.18. The molecule has 2 aromatic rings. The minimum absolute atomic E-state index is 0.176. The Bertz CT molecular complexity index is 567. The average Bonchev–Trinajstić information content (AvgIpc) is 2.30. The van der Waals surface area contributed by atoms with Crippen LogP contribution >= 0.6 is 11.6 Å². The van der Waals surface area contributed by atoms with Gasteiger partial charge in [-0.05, 0) is 35.3 Å². The minimum Gasteiger partial charge on any atom is -0.507 e. The maximum atomic E-state index is 9.62. The normalized spacial score (nSPS) is 10.9. The second-order valence-corrected chi connectivity index (χ2v) is 4.09. The largest absolute Gasteiger partial charge is 0.507 e. The quantitative estimate of drug-likeness (QED) is 0.792. The first-order chi connectivity index (χ1) is 8.15. The molecule has 0 bridgehead atoms. The van der Waals surface area contributed by atoms with E-state index in [0.29, 0.717) is 10.6 Å². The summed E-state index contributed by atoms with van der Waals surface area (Å²) in [4.78, 5) is 7.30. The molecule has 1 aromatic carbocycles. The predicted octanol–water partition coefficient (Wildman–Crippen LogP) is 1.58. The van der Waals surface area contributed by atoms with Gasteiger partial charge in [-0.1, -0.05) is 11.6 Å². The van der Waals surface area contributed by atoms with Crippen molar-refractivity contribution in [3.05, 3.63) is 52.7 Å². The first-order valence-corrected chi connectivity index (χ1v) is 5.55. The van der Waals surface area contributed by atoms with Crippen molar-refractivity contribution < 1.29 is 10.1 Å². The number of hydrogen-bond donors (Lipinski definition) is 2. The molecule has 0 aliphatic carbocycles.